The molecule has 1 aliphatic carbocycles. The Balaban J connectivity index is 1.63. The molecule has 2 aromatic heterocycles. The first-order valence-electron chi connectivity index (χ1n) is 10.9. The number of nitrogens with zero attached hydrogens (tertiary/aromatic N) is 2. The molecule has 2 heterocycles. The molecule has 172 valence electrons. The van der Waals surface area contributed by atoms with Gasteiger partial charge in [-0.1, -0.05) is 13.0 Å². The van der Waals surface area contributed by atoms with E-state index >= 15 is 0 Å². The lowest BCUT2D eigenvalue weighted by Crippen LogP contribution is -2.34. The fourth-order valence-electron chi connectivity index (χ4n) is 4.61. The normalized spacial score (nSPS) is 20.5. The molecular weight excluding hydrogens is 429 g/mol. The van der Waals surface area contributed by atoms with Crippen LogP contribution in [0, 0.1) is 23.4 Å². The van der Waals surface area contributed by atoms with E-state index in [0.717, 1.165) is 43.0 Å². The predicted octanol–water partition coefficient (Wildman–Crippen LogP) is 5.30. The standard InChI is InChI=1S/C25H25F3N4O/c1-14-10-15(12-16(11-14)29-2)17-8-9-30-13-22(17)32-25(33)21-7-6-20(28)24(31-21)23-18(26)4-3-5-19(23)27/h3-9,13-16,29H,10-12H2,1-2H3,(H,32,33)/t14-,15?,16-/m0/s1. The zero-order valence-corrected chi connectivity index (χ0v) is 18.4. The van der Waals surface area contributed by atoms with Gasteiger partial charge in [0.2, 0.25) is 0 Å². The van der Waals surface area contributed by atoms with Crippen molar-refractivity contribution in [2.45, 2.75) is 38.1 Å². The Labute approximate surface area is 190 Å². The highest BCUT2D eigenvalue weighted by Gasteiger charge is 2.29. The molecule has 4 rings (SSSR count). The molecule has 0 radical (unpaired) electrons. The van der Waals surface area contributed by atoms with Gasteiger partial charge in [0, 0.05) is 12.2 Å². The molecule has 1 fully saturated rings. The van der Waals surface area contributed by atoms with E-state index in [-0.39, 0.29) is 11.6 Å². The van der Waals surface area contributed by atoms with E-state index in [4.69, 9.17) is 0 Å². The van der Waals surface area contributed by atoms with E-state index < -0.39 is 34.6 Å². The molecule has 1 saturated carbocycles. The van der Waals surface area contributed by atoms with Gasteiger partial charge in [0.25, 0.3) is 5.91 Å². The van der Waals surface area contributed by atoms with Gasteiger partial charge < -0.3 is 10.6 Å². The van der Waals surface area contributed by atoms with Crippen molar-refractivity contribution in [2.75, 3.05) is 12.4 Å². The molecule has 3 atom stereocenters. The molecule has 3 aromatic rings. The first-order valence-corrected chi connectivity index (χ1v) is 10.9. The van der Waals surface area contributed by atoms with Crippen LogP contribution in [0.3, 0.4) is 0 Å². The van der Waals surface area contributed by atoms with Crippen molar-refractivity contribution in [1.82, 2.24) is 15.3 Å². The monoisotopic (exact) mass is 454 g/mol. The number of carbonyl (C=O) groups excluding carboxylic acids is 1. The first kappa shape index (κ1) is 22.9. The fraction of sp³-hybridized carbons (Fsp3) is 0.320. The number of pyridine rings is 2. The summed E-state index contributed by atoms with van der Waals surface area (Å²) in [5, 5.41) is 6.15. The molecular formula is C25H25F3N4O. The summed E-state index contributed by atoms with van der Waals surface area (Å²) in [7, 11) is 1.95. The van der Waals surface area contributed by atoms with Crippen LogP contribution in [0.1, 0.15) is 48.2 Å². The zero-order chi connectivity index (χ0) is 23.5. The van der Waals surface area contributed by atoms with E-state index in [2.05, 4.69) is 27.5 Å². The van der Waals surface area contributed by atoms with Crippen molar-refractivity contribution in [2.24, 2.45) is 5.92 Å². The Bertz CT molecular complexity index is 1150. The van der Waals surface area contributed by atoms with Crippen LogP contribution in [0.5, 0.6) is 0 Å². The van der Waals surface area contributed by atoms with Crippen LogP contribution >= 0.6 is 0 Å². The highest BCUT2D eigenvalue weighted by molar-refractivity contribution is 6.03. The third-order valence-corrected chi connectivity index (χ3v) is 6.17. The summed E-state index contributed by atoms with van der Waals surface area (Å²) >= 11 is 0. The first-order chi connectivity index (χ1) is 15.9. The second-order valence-corrected chi connectivity index (χ2v) is 8.54. The minimum Gasteiger partial charge on any atom is -0.319 e. The van der Waals surface area contributed by atoms with E-state index in [0.29, 0.717) is 17.6 Å². The highest BCUT2D eigenvalue weighted by atomic mass is 19.1. The molecule has 0 spiro atoms. The maximum atomic E-state index is 14.4. The summed E-state index contributed by atoms with van der Waals surface area (Å²) in [4.78, 5) is 21.1. The van der Waals surface area contributed by atoms with Crippen molar-refractivity contribution in [3.63, 3.8) is 0 Å². The van der Waals surface area contributed by atoms with Gasteiger partial charge in [0.15, 0.2) is 0 Å². The van der Waals surface area contributed by atoms with Crippen LogP contribution in [-0.2, 0) is 0 Å². The largest absolute Gasteiger partial charge is 0.319 e. The van der Waals surface area contributed by atoms with E-state index in [9.17, 15) is 18.0 Å². The molecule has 1 aliphatic rings. The van der Waals surface area contributed by atoms with Gasteiger partial charge in [0.1, 0.15) is 28.8 Å². The molecule has 8 heteroatoms. The molecule has 0 aliphatic heterocycles. The SMILES string of the molecule is CN[C@@H]1CC(c2ccncc2NC(=O)c2ccc(F)c(-c3c(F)cccc3F)n2)C[C@H](C)C1. The van der Waals surface area contributed by atoms with Crippen molar-refractivity contribution in [1.29, 1.82) is 0 Å². The summed E-state index contributed by atoms with van der Waals surface area (Å²) in [6.45, 7) is 2.21. The Kier molecular flexibility index (Phi) is 6.74. The maximum absolute atomic E-state index is 14.4. The van der Waals surface area contributed by atoms with Crippen LogP contribution in [-0.4, -0.2) is 29.0 Å². The highest BCUT2D eigenvalue weighted by Crippen LogP contribution is 2.39. The number of hydrogen-bond donors (Lipinski definition) is 2. The lowest BCUT2D eigenvalue weighted by atomic mass is 9.76. The lowest BCUT2D eigenvalue weighted by molar-refractivity contribution is 0.102. The quantitative estimate of drug-likeness (QED) is 0.549. The molecule has 1 unspecified atom stereocenters. The summed E-state index contributed by atoms with van der Waals surface area (Å²) in [5.74, 6) is -2.70. The minimum atomic E-state index is -0.959. The lowest BCUT2D eigenvalue weighted by Gasteiger charge is -2.34. The maximum Gasteiger partial charge on any atom is 0.274 e. The van der Waals surface area contributed by atoms with E-state index in [1.54, 1.807) is 12.4 Å². The number of hydrogen-bond acceptors (Lipinski definition) is 4. The third-order valence-electron chi connectivity index (χ3n) is 6.17. The summed E-state index contributed by atoms with van der Waals surface area (Å²) in [5.41, 5.74) is 0.187. The van der Waals surface area contributed by atoms with Crippen LogP contribution in [0.15, 0.2) is 48.8 Å². The number of aromatic nitrogens is 2. The third kappa shape index (κ3) is 4.90. The Morgan fingerprint density at radius 2 is 1.76 bits per heavy atom. The van der Waals surface area contributed by atoms with Crippen LogP contribution in [0.25, 0.3) is 11.3 Å². The summed E-state index contributed by atoms with van der Waals surface area (Å²) < 4.78 is 42.7. The molecule has 1 amide bonds. The van der Waals surface area contributed by atoms with Gasteiger partial charge in [-0.2, -0.15) is 0 Å². The van der Waals surface area contributed by atoms with Crippen molar-refractivity contribution in [3.05, 3.63) is 77.5 Å². The average Bonchev–Trinajstić information content (AvgIpc) is 2.80. The number of halogens is 3. The van der Waals surface area contributed by atoms with Crippen molar-refractivity contribution >= 4 is 11.6 Å². The summed E-state index contributed by atoms with van der Waals surface area (Å²) in [6.07, 6.45) is 6.26. The Morgan fingerprint density at radius 3 is 2.48 bits per heavy atom. The Morgan fingerprint density at radius 1 is 1.00 bits per heavy atom. The van der Waals surface area contributed by atoms with Gasteiger partial charge >= 0.3 is 0 Å². The van der Waals surface area contributed by atoms with Gasteiger partial charge in [-0.3, -0.25) is 9.78 Å². The number of anilines is 1. The molecule has 0 saturated heterocycles. The fourth-order valence-corrected chi connectivity index (χ4v) is 4.61. The van der Waals surface area contributed by atoms with E-state index in [1.807, 2.05) is 13.1 Å². The van der Waals surface area contributed by atoms with E-state index in [1.165, 1.54) is 12.1 Å². The minimum absolute atomic E-state index is 0.158. The van der Waals surface area contributed by atoms with Gasteiger partial charge in [-0.25, -0.2) is 18.2 Å². The second kappa shape index (κ2) is 9.70. The van der Waals surface area contributed by atoms with Crippen LogP contribution < -0.4 is 10.6 Å². The Hall–Kier alpha value is -3.26. The average molecular weight is 454 g/mol. The van der Waals surface area contributed by atoms with Gasteiger partial charge in [-0.15, -0.1) is 0 Å². The number of carbonyl (C=O) groups is 1. The van der Waals surface area contributed by atoms with Crippen LogP contribution in [0.2, 0.25) is 0 Å². The predicted molar refractivity (Wildman–Crippen MR) is 120 cm³/mol. The van der Waals surface area contributed by atoms with Gasteiger partial charge in [0.05, 0.1) is 17.4 Å². The van der Waals surface area contributed by atoms with Gasteiger partial charge in [-0.05, 0) is 74.0 Å². The van der Waals surface area contributed by atoms with Crippen LogP contribution in [0.4, 0.5) is 18.9 Å². The number of rotatable bonds is 5. The molecule has 5 nitrogen and oxygen atoms in total. The number of nitrogens with one attached hydrogen (secondary N) is 2. The number of benzene rings is 1. The smallest absolute Gasteiger partial charge is 0.274 e. The zero-order valence-electron chi connectivity index (χ0n) is 18.4. The molecule has 2 N–H and O–H groups in total. The van der Waals surface area contributed by atoms with Crippen molar-refractivity contribution < 1.29 is 18.0 Å². The number of amides is 1. The molecule has 1 aromatic carbocycles. The second-order valence-electron chi connectivity index (χ2n) is 8.54. The summed E-state index contributed by atoms with van der Waals surface area (Å²) in [6, 6.07) is 7.64. The molecule has 0 bridgehead atoms. The topological polar surface area (TPSA) is 66.9 Å². The molecule has 33 heavy (non-hydrogen) atoms. The van der Waals surface area contributed by atoms with Crippen molar-refractivity contribution in [3.8, 4) is 11.3 Å².